The summed E-state index contributed by atoms with van der Waals surface area (Å²) in [5.74, 6) is 1.24. The second kappa shape index (κ2) is 8.15. The zero-order valence-corrected chi connectivity index (χ0v) is 17.1. The van der Waals surface area contributed by atoms with Crippen LogP contribution in [0, 0.1) is 13.8 Å². The maximum absolute atomic E-state index is 12.7. The van der Waals surface area contributed by atoms with Crippen LogP contribution in [-0.4, -0.2) is 33.3 Å². The van der Waals surface area contributed by atoms with Crippen molar-refractivity contribution in [3.63, 3.8) is 0 Å². The molecule has 0 radical (unpaired) electrons. The van der Waals surface area contributed by atoms with Crippen molar-refractivity contribution in [3.8, 4) is 17.1 Å². The first-order valence-electron chi connectivity index (χ1n) is 8.43. The molecule has 1 heterocycles. The first-order chi connectivity index (χ1) is 12.9. The van der Waals surface area contributed by atoms with Crippen molar-refractivity contribution >= 4 is 29.1 Å². The number of ether oxygens (including phenoxy) is 1. The smallest absolute Gasteiger partial charge is 0.209 e. The van der Waals surface area contributed by atoms with Crippen LogP contribution in [0.1, 0.15) is 28.4 Å². The molecule has 0 aliphatic carbocycles. The molecule has 1 unspecified atom stereocenters. The van der Waals surface area contributed by atoms with Crippen LogP contribution in [0.15, 0.2) is 41.6 Å². The molecule has 0 saturated carbocycles. The van der Waals surface area contributed by atoms with E-state index in [2.05, 4.69) is 15.2 Å². The lowest BCUT2D eigenvalue weighted by molar-refractivity contribution is 0.0994. The Bertz CT molecular complexity index is 987. The van der Waals surface area contributed by atoms with Gasteiger partial charge >= 0.3 is 0 Å². The van der Waals surface area contributed by atoms with Gasteiger partial charge in [-0.2, -0.15) is 0 Å². The Morgan fingerprint density at radius 1 is 1.19 bits per heavy atom. The standard InChI is InChI=1S/C20H20ClN3O2S/c1-11-5-6-14(9-12(11)2)18(25)13(3)27-20-22-19(23-24-20)16-10-15(21)7-8-17(16)26-4/h5-10,13H,1-4H3,(H,22,23,24). The fourth-order valence-corrected chi connectivity index (χ4v) is 3.60. The van der Waals surface area contributed by atoms with Crippen molar-refractivity contribution in [2.24, 2.45) is 0 Å². The van der Waals surface area contributed by atoms with E-state index in [-0.39, 0.29) is 11.0 Å². The highest BCUT2D eigenvalue weighted by Gasteiger charge is 2.20. The average molecular weight is 402 g/mol. The number of methoxy groups -OCH3 is 1. The predicted octanol–water partition coefficient (Wildman–Crippen LogP) is 5.11. The zero-order chi connectivity index (χ0) is 19.6. The molecule has 1 aromatic heterocycles. The Labute approximate surface area is 167 Å². The lowest BCUT2D eigenvalue weighted by atomic mass is 10.0. The number of rotatable bonds is 6. The van der Waals surface area contributed by atoms with Gasteiger partial charge in [-0.25, -0.2) is 4.98 Å². The van der Waals surface area contributed by atoms with Gasteiger partial charge in [0.05, 0.1) is 17.9 Å². The Hall–Kier alpha value is -2.31. The molecule has 140 valence electrons. The normalized spacial score (nSPS) is 12.0. The third kappa shape index (κ3) is 4.34. The number of aryl methyl sites for hydroxylation is 2. The summed E-state index contributed by atoms with van der Waals surface area (Å²) in [7, 11) is 1.59. The van der Waals surface area contributed by atoms with E-state index in [0.717, 1.165) is 11.1 Å². The molecule has 0 spiro atoms. The second-order valence-corrected chi connectivity index (χ2v) is 7.98. The number of halogens is 1. The third-order valence-electron chi connectivity index (χ3n) is 4.32. The van der Waals surface area contributed by atoms with Gasteiger partial charge in [0.15, 0.2) is 11.6 Å². The number of aromatic nitrogens is 3. The van der Waals surface area contributed by atoms with Crippen LogP contribution in [0.4, 0.5) is 0 Å². The lowest BCUT2D eigenvalue weighted by Gasteiger charge is -2.09. The number of Topliss-reactive ketones (excluding diaryl/α,β-unsaturated/α-hetero) is 1. The van der Waals surface area contributed by atoms with Crippen molar-refractivity contribution in [3.05, 3.63) is 58.1 Å². The maximum Gasteiger partial charge on any atom is 0.209 e. The van der Waals surface area contributed by atoms with Crippen molar-refractivity contribution in [2.45, 2.75) is 31.2 Å². The molecular weight excluding hydrogens is 382 g/mol. The summed E-state index contributed by atoms with van der Waals surface area (Å²) >= 11 is 7.39. The number of carbonyl (C=O) groups is 1. The molecule has 2 aromatic carbocycles. The minimum Gasteiger partial charge on any atom is -0.496 e. The van der Waals surface area contributed by atoms with Gasteiger partial charge in [0, 0.05) is 10.6 Å². The fourth-order valence-electron chi connectivity index (χ4n) is 2.63. The molecule has 3 rings (SSSR count). The van der Waals surface area contributed by atoms with E-state index in [0.29, 0.717) is 27.3 Å². The van der Waals surface area contributed by atoms with E-state index in [1.54, 1.807) is 25.3 Å². The minimum atomic E-state index is -0.308. The number of ketones is 1. The SMILES string of the molecule is COc1ccc(Cl)cc1-c1nc(SC(C)C(=O)c2ccc(C)c(C)c2)n[nH]1. The number of nitrogens with zero attached hydrogens (tertiary/aromatic N) is 2. The molecule has 0 aliphatic heterocycles. The number of hydrogen-bond donors (Lipinski definition) is 1. The van der Waals surface area contributed by atoms with Crippen LogP contribution in [0.5, 0.6) is 5.75 Å². The molecule has 0 fully saturated rings. The molecule has 3 aromatic rings. The van der Waals surface area contributed by atoms with Crippen LogP contribution >= 0.6 is 23.4 Å². The van der Waals surface area contributed by atoms with Crippen LogP contribution in [0.3, 0.4) is 0 Å². The summed E-state index contributed by atoms with van der Waals surface area (Å²) in [4.78, 5) is 17.2. The van der Waals surface area contributed by atoms with Gasteiger partial charge in [0.25, 0.3) is 0 Å². The van der Waals surface area contributed by atoms with Gasteiger partial charge < -0.3 is 4.74 Å². The summed E-state index contributed by atoms with van der Waals surface area (Å²) < 4.78 is 5.35. The number of aromatic amines is 1. The number of benzene rings is 2. The first kappa shape index (κ1) is 19.5. The van der Waals surface area contributed by atoms with Crippen LogP contribution in [-0.2, 0) is 0 Å². The minimum absolute atomic E-state index is 0.0507. The summed E-state index contributed by atoms with van der Waals surface area (Å²) in [6.45, 7) is 5.89. The van der Waals surface area contributed by atoms with Crippen molar-refractivity contribution in [1.82, 2.24) is 15.2 Å². The predicted molar refractivity (Wildman–Crippen MR) is 109 cm³/mol. The van der Waals surface area contributed by atoms with E-state index in [9.17, 15) is 4.79 Å². The Balaban J connectivity index is 1.78. The monoisotopic (exact) mass is 401 g/mol. The van der Waals surface area contributed by atoms with E-state index in [4.69, 9.17) is 16.3 Å². The topological polar surface area (TPSA) is 67.9 Å². The van der Waals surface area contributed by atoms with E-state index < -0.39 is 0 Å². The van der Waals surface area contributed by atoms with Gasteiger partial charge in [0.1, 0.15) is 5.75 Å². The summed E-state index contributed by atoms with van der Waals surface area (Å²) in [5.41, 5.74) is 3.69. The molecule has 1 N–H and O–H groups in total. The second-order valence-electron chi connectivity index (χ2n) is 6.23. The highest BCUT2D eigenvalue weighted by Crippen LogP contribution is 2.32. The third-order valence-corrected chi connectivity index (χ3v) is 5.52. The molecule has 5 nitrogen and oxygen atoms in total. The van der Waals surface area contributed by atoms with Gasteiger partial charge in [-0.15, -0.1) is 5.10 Å². The molecule has 27 heavy (non-hydrogen) atoms. The Kier molecular flexibility index (Phi) is 5.87. The summed E-state index contributed by atoms with van der Waals surface area (Å²) in [6.07, 6.45) is 0. The molecule has 0 aliphatic rings. The molecule has 0 saturated heterocycles. The lowest BCUT2D eigenvalue weighted by Crippen LogP contribution is -2.14. The van der Waals surface area contributed by atoms with Crippen LogP contribution in [0.2, 0.25) is 5.02 Å². The highest BCUT2D eigenvalue weighted by atomic mass is 35.5. The van der Waals surface area contributed by atoms with E-state index in [1.807, 2.05) is 39.0 Å². The molecule has 7 heteroatoms. The summed E-state index contributed by atoms with van der Waals surface area (Å²) in [6, 6.07) is 11.0. The zero-order valence-electron chi connectivity index (χ0n) is 15.5. The number of hydrogen-bond acceptors (Lipinski definition) is 5. The number of H-pyrrole nitrogens is 1. The van der Waals surface area contributed by atoms with Crippen LogP contribution in [0.25, 0.3) is 11.4 Å². The average Bonchev–Trinajstić information content (AvgIpc) is 3.11. The molecule has 0 bridgehead atoms. The van der Waals surface area contributed by atoms with Crippen LogP contribution < -0.4 is 4.74 Å². The van der Waals surface area contributed by atoms with Gasteiger partial charge in [0.2, 0.25) is 5.16 Å². The maximum atomic E-state index is 12.7. The molecular formula is C20H20ClN3O2S. The molecule has 0 amide bonds. The first-order valence-corrected chi connectivity index (χ1v) is 9.69. The Morgan fingerprint density at radius 2 is 1.96 bits per heavy atom. The number of carbonyl (C=O) groups excluding carboxylic acids is 1. The largest absolute Gasteiger partial charge is 0.496 e. The van der Waals surface area contributed by atoms with Gasteiger partial charge in [-0.1, -0.05) is 35.5 Å². The van der Waals surface area contributed by atoms with Gasteiger partial charge in [-0.3, -0.25) is 9.89 Å². The van der Waals surface area contributed by atoms with Gasteiger partial charge in [-0.05, 0) is 56.2 Å². The summed E-state index contributed by atoms with van der Waals surface area (Å²) in [5, 5.41) is 7.88. The van der Waals surface area contributed by atoms with E-state index in [1.165, 1.54) is 17.3 Å². The van der Waals surface area contributed by atoms with Crippen molar-refractivity contribution in [1.29, 1.82) is 0 Å². The number of thioether (sulfide) groups is 1. The number of nitrogens with one attached hydrogen (secondary N) is 1. The quantitative estimate of drug-likeness (QED) is 0.459. The molecule has 1 atom stereocenters. The van der Waals surface area contributed by atoms with Crippen molar-refractivity contribution in [2.75, 3.05) is 7.11 Å². The van der Waals surface area contributed by atoms with E-state index >= 15 is 0 Å². The highest BCUT2D eigenvalue weighted by molar-refractivity contribution is 8.00. The Morgan fingerprint density at radius 3 is 2.67 bits per heavy atom. The van der Waals surface area contributed by atoms with Crippen molar-refractivity contribution < 1.29 is 9.53 Å². The fraction of sp³-hybridized carbons (Fsp3) is 0.250.